The zero-order chi connectivity index (χ0) is 19.4. The first-order valence-electron chi connectivity index (χ1n) is 10.5. The number of nitrogens with one attached hydrogen (secondary N) is 2. The molecule has 1 atom stereocenters. The lowest BCUT2D eigenvalue weighted by Crippen LogP contribution is -2.58. The van der Waals surface area contributed by atoms with Gasteiger partial charge in [-0.2, -0.15) is 0 Å². The van der Waals surface area contributed by atoms with Gasteiger partial charge in [-0.25, -0.2) is 0 Å². The van der Waals surface area contributed by atoms with Crippen LogP contribution in [0.1, 0.15) is 44.4 Å². The number of furan rings is 1. The number of fused-ring (bicyclic) bond motifs is 1. The van der Waals surface area contributed by atoms with Crippen LogP contribution in [0.2, 0.25) is 0 Å². The van der Waals surface area contributed by atoms with Gasteiger partial charge in [0.15, 0.2) is 5.96 Å². The fourth-order valence-electron chi connectivity index (χ4n) is 4.48. The van der Waals surface area contributed by atoms with Gasteiger partial charge >= 0.3 is 0 Å². The van der Waals surface area contributed by atoms with Crippen LogP contribution < -0.4 is 10.6 Å². The molecule has 2 fully saturated rings. The first kappa shape index (κ1) is 22.4. The molecular weight excluding hydrogens is 479 g/mol. The fourth-order valence-corrected chi connectivity index (χ4v) is 4.48. The van der Waals surface area contributed by atoms with Crippen molar-refractivity contribution in [2.75, 3.05) is 39.9 Å². The number of benzene rings is 1. The number of rotatable bonds is 5. The van der Waals surface area contributed by atoms with Crippen molar-refractivity contribution in [1.29, 1.82) is 0 Å². The molecule has 4 rings (SSSR count). The summed E-state index contributed by atoms with van der Waals surface area (Å²) in [5, 5.41) is 8.21. The second-order valence-corrected chi connectivity index (χ2v) is 8.01. The average molecular weight is 512 g/mol. The van der Waals surface area contributed by atoms with Crippen LogP contribution in [0.4, 0.5) is 0 Å². The van der Waals surface area contributed by atoms with Crippen molar-refractivity contribution >= 4 is 40.9 Å². The van der Waals surface area contributed by atoms with Crippen molar-refractivity contribution in [2.24, 2.45) is 4.99 Å². The lowest BCUT2D eigenvalue weighted by atomic mass is 9.88. The summed E-state index contributed by atoms with van der Waals surface area (Å²) in [4.78, 5) is 7.12. The van der Waals surface area contributed by atoms with E-state index in [1.54, 1.807) is 0 Å². The third-order valence-electron chi connectivity index (χ3n) is 6.23. The highest BCUT2D eigenvalue weighted by Crippen LogP contribution is 2.31. The van der Waals surface area contributed by atoms with Crippen molar-refractivity contribution in [1.82, 2.24) is 15.5 Å². The molecule has 0 aliphatic carbocycles. The zero-order valence-corrected chi connectivity index (χ0v) is 19.8. The lowest BCUT2D eigenvalue weighted by Gasteiger charge is -2.45. The standard InChI is InChI=1S/C22H32N4O2.HI/c1-17(20-15-18-7-3-4-8-19(18)28-20)25-21(23-2)24-16-22(9-13-27-14-10-22)26-11-5-6-12-26;/h3-4,7-8,15,17H,5-6,9-14,16H2,1-2H3,(H2,23,24,25);1H. The van der Waals surface area contributed by atoms with Gasteiger partial charge in [-0.15, -0.1) is 24.0 Å². The molecule has 2 aromatic rings. The van der Waals surface area contributed by atoms with Crippen molar-refractivity contribution < 1.29 is 9.15 Å². The molecule has 2 aliphatic rings. The summed E-state index contributed by atoms with van der Waals surface area (Å²) in [7, 11) is 1.83. The molecule has 29 heavy (non-hydrogen) atoms. The minimum absolute atomic E-state index is 0. The number of aliphatic imine (C=N–C) groups is 1. The fraction of sp³-hybridized carbons (Fsp3) is 0.591. The quantitative estimate of drug-likeness (QED) is 0.362. The second-order valence-electron chi connectivity index (χ2n) is 8.01. The van der Waals surface area contributed by atoms with Crippen LogP contribution in [0.5, 0.6) is 0 Å². The van der Waals surface area contributed by atoms with E-state index in [4.69, 9.17) is 9.15 Å². The maximum atomic E-state index is 6.00. The Morgan fingerprint density at radius 2 is 1.93 bits per heavy atom. The first-order chi connectivity index (χ1) is 13.7. The predicted octanol–water partition coefficient (Wildman–Crippen LogP) is 3.92. The molecule has 0 saturated carbocycles. The molecule has 1 unspecified atom stereocenters. The predicted molar refractivity (Wildman–Crippen MR) is 128 cm³/mol. The Bertz CT molecular complexity index is 777. The molecule has 2 aliphatic heterocycles. The number of ether oxygens (including phenoxy) is 1. The van der Waals surface area contributed by atoms with Crippen LogP contribution in [0.3, 0.4) is 0 Å². The number of hydrogen-bond donors (Lipinski definition) is 2. The topological polar surface area (TPSA) is 62.0 Å². The number of para-hydroxylation sites is 1. The van der Waals surface area contributed by atoms with Crippen LogP contribution in [0, 0.1) is 0 Å². The Balaban J connectivity index is 0.00000240. The van der Waals surface area contributed by atoms with E-state index in [-0.39, 0.29) is 35.6 Å². The Morgan fingerprint density at radius 1 is 1.21 bits per heavy atom. The highest BCUT2D eigenvalue weighted by molar-refractivity contribution is 14.0. The molecule has 7 heteroatoms. The van der Waals surface area contributed by atoms with E-state index in [0.29, 0.717) is 0 Å². The Morgan fingerprint density at radius 3 is 2.62 bits per heavy atom. The van der Waals surface area contributed by atoms with Gasteiger partial charge in [0.25, 0.3) is 0 Å². The highest BCUT2D eigenvalue weighted by Gasteiger charge is 2.39. The van der Waals surface area contributed by atoms with E-state index in [9.17, 15) is 0 Å². The first-order valence-corrected chi connectivity index (χ1v) is 10.5. The molecule has 1 aromatic carbocycles. The average Bonchev–Trinajstić information content (AvgIpc) is 3.42. The Hall–Kier alpha value is -1.32. The Labute approximate surface area is 190 Å². The number of halogens is 1. The summed E-state index contributed by atoms with van der Waals surface area (Å²) >= 11 is 0. The molecule has 1 aromatic heterocycles. The van der Waals surface area contributed by atoms with Gasteiger partial charge in [0.2, 0.25) is 0 Å². The molecule has 2 N–H and O–H groups in total. The number of likely N-dealkylation sites (tertiary alicyclic amines) is 1. The summed E-state index contributed by atoms with van der Waals surface area (Å²) in [5.41, 5.74) is 1.10. The summed E-state index contributed by atoms with van der Waals surface area (Å²) in [5.74, 6) is 1.74. The van der Waals surface area contributed by atoms with E-state index in [0.717, 1.165) is 55.3 Å². The van der Waals surface area contributed by atoms with Gasteiger partial charge in [-0.05, 0) is 57.8 Å². The molecular formula is C22H33IN4O2. The summed E-state index contributed by atoms with van der Waals surface area (Å²) in [6, 6.07) is 10.3. The molecule has 0 radical (unpaired) electrons. The number of hydrogen-bond acceptors (Lipinski definition) is 4. The minimum Gasteiger partial charge on any atom is -0.459 e. The molecule has 3 heterocycles. The molecule has 0 amide bonds. The van der Waals surface area contributed by atoms with Gasteiger partial charge in [0.1, 0.15) is 11.3 Å². The number of nitrogens with zero attached hydrogens (tertiary/aromatic N) is 2. The smallest absolute Gasteiger partial charge is 0.191 e. The van der Waals surface area contributed by atoms with Crippen LogP contribution >= 0.6 is 24.0 Å². The van der Waals surface area contributed by atoms with Crippen LogP contribution in [-0.4, -0.2) is 56.3 Å². The van der Waals surface area contributed by atoms with Gasteiger partial charge < -0.3 is 19.8 Å². The highest BCUT2D eigenvalue weighted by atomic mass is 127. The van der Waals surface area contributed by atoms with Gasteiger partial charge in [-0.3, -0.25) is 9.89 Å². The summed E-state index contributed by atoms with van der Waals surface area (Å²) in [6.45, 7) is 7.09. The van der Waals surface area contributed by atoms with Crippen LogP contribution in [0.25, 0.3) is 11.0 Å². The molecule has 0 bridgehead atoms. The van der Waals surface area contributed by atoms with Crippen molar-refractivity contribution in [2.45, 2.75) is 44.2 Å². The third kappa shape index (κ3) is 5.06. The second kappa shape index (κ2) is 10.1. The summed E-state index contributed by atoms with van der Waals surface area (Å²) in [6.07, 6.45) is 4.77. The van der Waals surface area contributed by atoms with E-state index in [1.165, 1.54) is 25.9 Å². The Kier molecular flexibility index (Phi) is 7.81. The maximum Gasteiger partial charge on any atom is 0.191 e. The van der Waals surface area contributed by atoms with Gasteiger partial charge in [0.05, 0.1) is 6.04 Å². The third-order valence-corrected chi connectivity index (χ3v) is 6.23. The van der Waals surface area contributed by atoms with E-state index in [2.05, 4.69) is 39.6 Å². The maximum absolute atomic E-state index is 6.00. The van der Waals surface area contributed by atoms with Crippen molar-refractivity contribution in [3.05, 3.63) is 36.1 Å². The monoisotopic (exact) mass is 512 g/mol. The lowest BCUT2D eigenvalue weighted by molar-refractivity contribution is -0.0164. The van der Waals surface area contributed by atoms with Crippen LogP contribution in [-0.2, 0) is 4.74 Å². The van der Waals surface area contributed by atoms with E-state index >= 15 is 0 Å². The SMILES string of the molecule is CN=C(NCC1(N2CCCC2)CCOCC1)NC(C)c1cc2ccccc2o1.I. The normalized spacial score (nSPS) is 21.0. The molecule has 2 saturated heterocycles. The largest absolute Gasteiger partial charge is 0.459 e. The molecule has 160 valence electrons. The van der Waals surface area contributed by atoms with Gasteiger partial charge in [0, 0.05) is 37.7 Å². The van der Waals surface area contributed by atoms with E-state index < -0.39 is 0 Å². The minimum atomic E-state index is 0. The summed E-state index contributed by atoms with van der Waals surface area (Å²) < 4.78 is 11.7. The number of guanidine groups is 1. The van der Waals surface area contributed by atoms with Crippen LogP contribution in [0.15, 0.2) is 39.7 Å². The molecule has 0 spiro atoms. The van der Waals surface area contributed by atoms with Crippen molar-refractivity contribution in [3.8, 4) is 0 Å². The zero-order valence-electron chi connectivity index (χ0n) is 17.4. The molecule has 6 nitrogen and oxygen atoms in total. The van der Waals surface area contributed by atoms with E-state index in [1.807, 2.05) is 25.2 Å². The van der Waals surface area contributed by atoms with Crippen molar-refractivity contribution in [3.63, 3.8) is 0 Å². The van der Waals surface area contributed by atoms with Gasteiger partial charge in [-0.1, -0.05) is 18.2 Å².